The minimum Gasteiger partial charge on any atom is -0.487 e. The minimum absolute atomic E-state index is 0.213. The maximum Gasteiger partial charge on any atom is 0.335 e. The van der Waals surface area contributed by atoms with Gasteiger partial charge in [0.2, 0.25) is 0 Å². The second-order valence-corrected chi connectivity index (χ2v) is 10.4. The summed E-state index contributed by atoms with van der Waals surface area (Å²) in [5.41, 5.74) is 1.53. The molecular weight excluding hydrogens is 624 g/mol. The second kappa shape index (κ2) is 10.5. The zero-order chi connectivity index (χ0) is 26.1. The van der Waals surface area contributed by atoms with Crippen molar-refractivity contribution in [2.75, 3.05) is 4.90 Å². The van der Waals surface area contributed by atoms with Crippen molar-refractivity contribution in [1.29, 1.82) is 0 Å². The Kier molecular flexibility index (Phi) is 7.15. The Morgan fingerprint density at radius 2 is 1.65 bits per heavy atom. The smallest absolute Gasteiger partial charge is 0.335 e. The number of barbiturate groups is 1. The van der Waals surface area contributed by atoms with Crippen LogP contribution < -0.4 is 15.0 Å². The quantitative estimate of drug-likeness (QED) is 0.184. The maximum atomic E-state index is 13.3. The lowest BCUT2D eigenvalue weighted by atomic mass is 10.0. The molecule has 1 N–H and O–H groups in total. The van der Waals surface area contributed by atoms with Gasteiger partial charge >= 0.3 is 6.03 Å². The molecule has 0 radical (unpaired) electrons. The number of amides is 4. The molecule has 4 aromatic carbocycles. The summed E-state index contributed by atoms with van der Waals surface area (Å²) in [5, 5.41) is 4.84. The summed E-state index contributed by atoms with van der Waals surface area (Å²) < 4.78 is 7.56. The van der Waals surface area contributed by atoms with Gasteiger partial charge in [-0.15, -0.1) is 0 Å². The van der Waals surface area contributed by atoms with Gasteiger partial charge in [-0.2, -0.15) is 0 Å². The summed E-state index contributed by atoms with van der Waals surface area (Å²) in [6, 6.07) is 22.9. The molecule has 37 heavy (non-hydrogen) atoms. The molecule has 0 atom stereocenters. The van der Waals surface area contributed by atoms with Crippen LogP contribution in [0.2, 0.25) is 5.02 Å². The molecule has 1 aliphatic rings. The van der Waals surface area contributed by atoms with Crippen molar-refractivity contribution >= 4 is 83.8 Å². The molecule has 184 valence electrons. The van der Waals surface area contributed by atoms with Gasteiger partial charge in [-0.3, -0.25) is 14.9 Å². The van der Waals surface area contributed by atoms with Crippen LogP contribution in [0.25, 0.3) is 16.8 Å². The third-order valence-electron chi connectivity index (χ3n) is 5.78. The number of nitrogens with zero attached hydrogens (tertiary/aromatic N) is 1. The van der Waals surface area contributed by atoms with E-state index in [1.165, 1.54) is 18.2 Å². The molecule has 4 aromatic rings. The summed E-state index contributed by atoms with van der Waals surface area (Å²) in [6.45, 7) is 0.257. The van der Waals surface area contributed by atoms with E-state index in [9.17, 15) is 14.4 Å². The van der Waals surface area contributed by atoms with E-state index in [1.54, 1.807) is 18.2 Å². The van der Waals surface area contributed by atoms with Crippen LogP contribution in [0.1, 0.15) is 11.1 Å². The Bertz CT molecular complexity index is 1600. The van der Waals surface area contributed by atoms with Crippen LogP contribution >= 0.6 is 43.5 Å². The van der Waals surface area contributed by atoms with Crippen LogP contribution in [0.3, 0.4) is 0 Å². The molecule has 1 fully saturated rings. The monoisotopic (exact) mass is 638 g/mol. The summed E-state index contributed by atoms with van der Waals surface area (Å²) in [7, 11) is 0. The van der Waals surface area contributed by atoms with Crippen molar-refractivity contribution in [2.24, 2.45) is 0 Å². The lowest BCUT2D eigenvalue weighted by Gasteiger charge is -2.26. The SMILES string of the molecule is O=C1NC(=O)N(c2ccc(Cl)cc2)C(=O)/C1=C/c1cc(Br)cc(Br)c1OCc1cccc2ccccc12. The first-order chi connectivity index (χ1) is 17.8. The molecule has 0 unspecified atom stereocenters. The molecule has 0 spiro atoms. The number of halogens is 3. The summed E-state index contributed by atoms with van der Waals surface area (Å²) >= 11 is 12.9. The van der Waals surface area contributed by atoms with Crippen LogP contribution in [0, 0.1) is 0 Å². The Labute approximate surface area is 234 Å². The van der Waals surface area contributed by atoms with E-state index in [2.05, 4.69) is 37.2 Å². The lowest BCUT2D eigenvalue weighted by molar-refractivity contribution is -0.122. The molecule has 5 rings (SSSR count). The Balaban J connectivity index is 1.52. The molecule has 9 heteroatoms. The number of imide groups is 2. The standard InChI is InChI=1S/C28H17Br2ClN2O4/c29-19-12-18(13-23-26(34)32-28(36)33(27(23)35)21-10-8-20(31)9-11-21)25(24(30)14-19)37-15-17-6-3-5-16-4-1-2-7-22(16)17/h1-14H,15H2,(H,32,34,36)/b23-13+. The van der Waals surface area contributed by atoms with Crippen molar-refractivity contribution in [3.05, 3.63) is 110 Å². The van der Waals surface area contributed by atoms with E-state index >= 15 is 0 Å². The third kappa shape index (κ3) is 5.18. The van der Waals surface area contributed by atoms with E-state index < -0.39 is 17.8 Å². The lowest BCUT2D eigenvalue weighted by Crippen LogP contribution is -2.54. The van der Waals surface area contributed by atoms with Crippen LogP contribution in [-0.4, -0.2) is 17.8 Å². The van der Waals surface area contributed by atoms with Gasteiger partial charge in [-0.25, -0.2) is 9.69 Å². The Morgan fingerprint density at radius 3 is 2.43 bits per heavy atom. The maximum absolute atomic E-state index is 13.3. The van der Waals surface area contributed by atoms with Gasteiger partial charge < -0.3 is 4.74 Å². The Hall–Kier alpha value is -3.46. The molecule has 4 amide bonds. The Morgan fingerprint density at radius 1 is 0.919 bits per heavy atom. The number of carbonyl (C=O) groups excluding carboxylic acids is 3. The fourth-order valence-electron chi connectivity index (χ4n) is 4.05. The highest BCUT2D eigenvalue weighted by atomic mass is 79.9. The number of anilines is 1. The van der Waals surface area contributed by atoms with Crippen molar-refractivity contribution in [2.45, 2.75) is 6.61 Å². The molecule has 1 heterocycles. The molecule has 1 aliphatic heterocycles. The van der Waals surface area contributed by atoms with Gasteiger partial charge in [0, 0.05) is 15.1 Å². The number of urea groups is 1. The van der Waals surface area contributed by atoms with E-state index in [1.807, 2.05) is 48.5 Å². The van der Waals surface area contributed by atoms with Gasteiger partial charge in [-0.1, -0.05) is 70.0 Å². The highest BCUT2D eigenvalue weighted by Crippen LogP contribution is 2.36. The minimum atomic E-state index is -0.836. The molecule has 1 saturated heterocycles. The predicted octanol–water partition coefficient (Wildman–Crippen LogP) is 7.26. The third-order valence-corrected chi connectivity index (χ3v) is 7.07. The average Bonchev–Trinajstić information content (AvgIpc) is 2.87. The largest absolute Gasteiger partial charge is 0.487 e. The van der Waals surface area contributed by atoms with E-state index in [0.717, 1.165) is 21.2 Å². The molecule has 0 bridgehead atoms. The van der Waals surface area contributed by atoms with E-state index in [-0.39, 0.29) is 17.9 Å². The van der Waals surface area contributed by atoms with Gasteiger partial charge in [0.25, 0.3) is 11.8 Å². The number of nitrogens with one attached hydrogen (secondary N) is 1. The van der Waals surface area contributed by atoms with E-state index in [0.29, 0.717) is 25.3 Å². The molecule has 0 aliphatic carbocycles. The van der Waals surface area contributed by atoms with Crippen molar-refractivity contribution in [3.8, 4) is 5.75 Å². The number of benzene rings is 4. The summed E-state index contributed by atoms with van der Waals surface area (Å²) in [4.78, 5) is 39.5. The van der Waals surface area contributed by atoms with Crippen LogP contribution in [0.4, 0.5) is 10.5 Å². The highest BCUT2D eigenvalue weighted by Gasteiger charge is 2.37. The first-order valence-corrected chi connectivity index (χ1v) is 13.0. The van der Waals surface area contributed by atoms with Crippen LogP contribution in [0.15, 0.2) is 93.4 Å². The topological polar surface area (TPSA) is 75.7 Å². The van der Waals surface area contributed by atoms with Crippen LogP contribution in [0.5, 0.6) is 5.75 Å². The second-order valence-electron chi connectivity index (χ2n) is 8.17. The number of carbonyl (C=O) groups is 3. The van der Waals surface area contributed by atoms with Gasteiger partial charge in [0.05, 0.1) is 10.2 Å². The van der Waals surface area contributed by atoms with Crippen molar-refractivity contribution in [3.63, 3.8) is 0 Å². The fraction of sp³-hybridized carbons (Fsp3) is 0.0357. The normalized spacial score (nSPS) is 14.8. The summed E-state index contributed by atoms with van der Waals surface area (Å²) in [6.07, 6.45) is 1.42. The molecule has 0 saturated carbocycles. The fourth-order valence-corrected chi connectivity index (χ4v) is 5.54. The highest BCUT2D eigenvalue weighted by molar-refractivity contribution is 9.11. The zero-order valence-corrected chi connectivity index (χ0v) is 22.9. The van der Waals surface area contributed by atoms with E-state index in [4.69, 9.17) is 16.3 Å². The predicted molar refractivity (Wildman–Crippen MR) is 151 cm³/mol. The zero-order valence-electron chi connectivity index (χ0n) is 19.0. The number of rotatable bonds is 5. The summed E-state index contributed by atoms with van der Waals surface area (Å²) in [5.74, 6) is -1.11. The average molecular weight is 641 g/mol. The number of ether oxygens (including phenoxy) is 1. The number of fused-ring (bicyclic) bond motifs is 1. The van der Waals surface area contributed by atoms with Crippen molar-refractivity contribution < 1.29 is 19.1 Å². The first-order valence-electron chi connectivity index (χ1n) is 11.1. The van der Waals surface area contributed by atoms with Gasteiger partial charge in [-0.05, 0) is 74.7 Å². The van der Waals surface area contributed by atoms with Crippen molar-refractivity contribution in [1.82, 2.24) is 5.32 Å². The van der Waals surface area contributed by atoms with Crippen LogP contribution in [-0.2, 0) is 16.2 Å². The van der Waals surface area contributed by atoms with Gasteiger partial charge in [0.1, 0.15) is 17.9 Å². The molecular formula is C28H17Br2ClN2O4. The number of hydrogen-bond donors (Lipinski definition) is 1. The number of hydrogen-bond acceptors (Lipinski definition) is 4. The molecule has 6 nitrogen and oxygen atoms in total. The molecule has 0 aromatic heterocycles. The first kappa shape index (κ1) is 25.2. The van der Waals surface area contributed by atoms with Gasteiger partial charge in [0.15, 0.2) is 0 Å².